The standard InChI is InChI=1S/C27H32FNO5S/c1-20(17-27(2,3)4)15-26(30)29(19-24-9-6-14-33-24)18-21-7-5-8-23(16-21)34-35(31,32)25-12-10-22(28)11-13-25/h5-14,16,20H,15,17-19H2,1-4H3. The van der Waals surface area contributed by atoms with Gasteiger partial charge in [0.15, 0.2) is 0 Å². The predicted molar refractivity (Wildman–Crippen MR) is 131 cm³/mol. The number of rotatable bonds is 10. The quantitative estimate of drug-likeness (QED) is 0.310. The second-order valence-corrected chi connectivity index (χ2v) is 11.6. The fraction of sp³-hybridized carbons (Fsp3) is 0.370. The minimum Gasteiger partial charge on any atom is -0.467 e. The summed E-state index contributed by atoms with van der Waals surface area (Å²) in [5.41, 5.74) is 0.827. The molecular weight excluding hydrogens is 469 g/mol. The first-order valence-corrected chi connectivity index (χ1v) is 12.9. The molecule has 1 unspecified atom stereocenters. The number of amides is 1. The lowest BCUT2D eigenvalue weighted by atomic mass is 9.84. The maximum absolute atomic E-state index is 13.2. The van der Waals surface area contributed by atoms with Gasteiger partial charge in [-0.05, 0) is 71.8 Å². The van der Waals surface area contributed by atoms with Crippen molar-refractivity contribution in [1.29, 1.82) is 0 Å². The first kappa shape index (κ1) is 26.5. The van der Waals surface area contributed by atoms with Crippen molar-refractivity contribution in [2.45, 2.75) is 58.5 Å². The molecule has 0 bridgehead atoms. The van der Waals surface area contributed by atoms with E-state index in [2.05, 4.69) is 27.7 Å². The van der Waals surface area contributed by atoms with E-state index in [0.717, 1.165) is 30.7 Å². The zero-order valence-corrected chi connectivity index (χ0v) is 21.3. The second kappa shape index (κ2) is 11.1. The van der Waals surface area contributed by atoms with Crippen molar-refractivity contribution in [1.82, 2.24) is 4.90 Å². The van der Waals surface area contributed by atoms with Crippen LogP contribution in [0.4, 0.5) is 4.39 Å². The molecule has 6 nitrogen and oxygen atoms in total. The van der Waals surface area contributed by atoms with Crippen LogP contribution in [0.2, 0.25) is 0 Å². The molecule has 0 saturated heterocycles. The Labute approximate surface area is 206 Å². The largest absolute Gasteiger partial charge is 0.467 e. The third kappa shape index (κ3) is 8.24. The average Bonchev–Trinajstić information content (AvgIpc) is 3.25. The normalized spacial score (nSPS) is 12.8. The van der Waals surface area contributed by atoms with E-state index in [-0.39, 0.29) is 34.4 Å². The molecule has 0 spiro atoms. The lowest BCUT2D eigenvalue weighted by molar-refractivity contribution is -0.133. The van der Waals surface area contributed by atoms with Crippen molar-refractivity contribution >= 4 is 16.0 Å². The number of benzene rings is 2. The van der Waals surface area contributed by atoms with E-state index in [1.165, 1.54) is 6.07 Å². The Hall–Kier alpha value is -3.13. The first-order chi connectivity index (χ1) is 16.4. The van der Waals surface area contributed by atoms with Crippen molar-refractivity contribution in [2.24, 2.45) is 11.3 Å². The van der Waals surface area contributed by atoms with Gasteiger partial charge in [0, 0.05) is 13.0 Å². The highest BCUT2D eigenvalue weighted by molar-refractivity contribution is 7.87. The van der Waals surface area contributed by atoms with Gasteiger partial charge in [-0.1, -0.05) is 39.8 Å². The van der Waals surface area contributed by atoms with Gasteiger partial charge in [0.25, 0.3) is 0 Å². The van der Waals surface area contributed by atoms with E-state index in [4.69, 9.17) is 8.60 Å². The van der Waals surface area contributed by atoms with Crippen LogP contribution in [0, 0.1) is 17.2 Å². The second-order valence-electron chi connectivity index (χ2n) is 10.0. The fourth-order valence-electron chi connectivity index (χ4n) is 4.06. The zero-order chi connectivity index (χ0) is 25.6. The van der Waals surface area contributed by atoms with E-state index in [9.17, 15) is 17.6 Å². The molecule has 0 fully saturated rings. The summed E-state index contributed by atoms with van der Waals surface area (Å²) in [5, 5.41) is 0. The van der Waals surface area contributed by atoms with E-state index < -0.39 is 15.9 Å². The van der Waals surface area contributed by atoms with Gasteiger partial charge >= 0.3 is 10.1 Å². The molecule has 0 aliphatic rings. The van der Waals surface area contributed by atoms with Crippen LogP contribution in [-0.2, 0) is 28.0 Å². The van der Waals surface area contributed by atoms with E-state index in [0.29, 0.717) is 24.3 Å². The van der Waals surface area contributed by atoms with E-state index in [1.807, 2.05) is 6.07 Å². The van der Waals surface area contributed by atoms with Crippen LogP contribution in [0.3, 0.4) is 0 Å². The molecule has 3 aromatic rings. The Morgan fingerprint density at radius 1 is 1.06 bits per heavy atom. The van der Waals surface area contributed by atoms with Crippen molar-refractivity contribution in [3.8, 4) is 5.75 Å². The summed E-state index contributed by atoms with van der Waals surface area (Å²) >= 11 is 0. The number of carbonyl (C=O) groups excluding carboxylic acids is 1. The molecule has 0 radical (unpaired) electrons. The summed E-state index contributed by atoms with van der Waals surface area (Å²) in [6, 6.07) is 14.6. The number of hydrogen-bond acceptors (Lipinski definition) is 5. The first-order valence-electron chi connectivity index (χ1n) is 11.5. The molecular formula is C27H32FNO5S. The van der Waals surface area contributed by atoms with Gasteiger partial charge in [0.2, 0.25) is 5.91 Å². The summed E-state index contributed by atoms with van der Waals surface area (Å²) in [6.45, 7) is 9.09. The molecule has 2 aromatic carbocycles. The summed E-state index contributed by atoms with van der Waals surface area (Å²) in [6.07, 6.45) is 2.88. The third-order valence-electron chi connectivity index (χ3n) is 5.34. The molecule has 188 valence electrons. The SMILES string of the molecule is CC(CC(=O)N(Cc1cccc(OS(=O)(=O)c2ccc(F)cc2)c1)Cc1ccco1)CC(C)(C)C. The highest BCUT2D eigenvalue weighted by Crippen LogP contribution is 2.27. The summed E-state index contributed by atoms with van der Waals surface area (Å²) < 4.78 is 49.0. The van der Waals surface area contributed by atoms with Crippen molar-refractivity contribution in [3.05, 3.63) is 84.1 Å². The van der Waals surface area contributed by atoms with Gasteiger partial charge in [-0.15, -0.1) is 0 Å². The predicted octanol–water partition coefficient (Wildman–Crippen LogP) is 6.18. The Morgan fingerprint density at radius 2 is 1.77 bits per heavy atom. The highest BCUT2D eigenvalue weighted by atomic mass is 32.2. The summed E-state index contributed by atoms with van der Waals surface area (Å²) in [4.78, 5) is 14.8. The van der Waals surface area contributed by atoms with Crippen LogP contribution in [0.25, 0.3) is 0 Å². The van der Waals surface area contributed by atoms with Gasteiger partial charge in [0.1, 0.15) is 22.2 Å². The van der Waals surface area contributed by atoms with E-state index >= 15 is 0 Å². The van der Waals surface area contributed by atoms with Gasteiger partial charge in [-0.25, -0.2) is 4.39 Å². The average molecular weight is 502 g/mol. The smallest absolute Gasteiger partial charge is 0.339 e. The van der Waals surface area contributed by atoms with Crippen LogP contribution >= 0.6 is 0 Å². The van der Waals surface area contributed by atoms with Gasteiger partial charge in [0.05, 0.1) is 12.8 Å². The minimum absolute atomic E-state index is 0.0107. The molecule has 1 atom stereocenters. The molecule has 1 heterocycles. The van der Waals surface area contributed by atoms with Crippen molar-refractivity contribution in [3.63, 3.8) is 0 Å². The molecule has 0 saturated carbocycles. The molecule has 0 N–H and O–H groups in total. The number of halogens is 1. The van der Waals surface area contributed by atoms with Crippen LogP contribution in [0.15, 0.2) is 76.2 Å². The molecule has 8 heteroatoms. The van der Waals surface area contributed by atoms with Crippen LogP contribution < -0.4 is 4.18 Å². The maximum atomic E-state index is 13.2. The Balaban J connectivity index is 1.76. The number of nitrogens with zero attached hydrogens (tertiary/aromatic N) is 1. The number of furan rings is 1. The third-order valence-corrected chi connectivity index (χ3v) is 6.60. The highest BCUT2D eigenvalue weighted by Gasteiger charge is 2.23. The lowest BCUT2D eigenvalue weighted by Gasteiger charge is -2.27. The molecule has 0 aliphatic heterocycles. The molecule has 1 aromatic heterocycles. The van der Waals surface area contributed by atoms with Crippen LogP contribution in [0.1, 0.15) is 51.9 Å². The van der Waals surface area contributed by atoms with Crippen molar-refractivity contribution in [2.75, 3.05) is 0 Å². The lowest BCUT2D eigenvalue weighted by Crippen LogP contribution is -2.31. The van der Waals surface area contributed by atoms with Gasteiger partial charge < -0.3 is 13.5 Å². The van der Waals surface area contributed by atoms with Crippen molar-refractivity contribution < 1.29 is 26.2 Å². The Kier molecular flexibility index (Phi) is 8.38. The topological polar surface area (TPSA) is 76.8 Å². The number of hydrogen-bond donors (Lipinski definition) is 0. The van der Waals surface area contributed by atoms with Crippen LogP contribution in [-0.4, -0.2) is 19.2 Å². The fourth-order valence-corrected chi connectivity index (χ4v) is 4.98. The maximum Gasteiger partial charge on any atom is 0.339 e. The summed E-state index contributed by atoms with van der Waals surface area (Å²) in [5.74, 6) is 0.427. The number of carbonyl (C=O) groups is 1. The summed E-state index contributed by atoms with van der Waals surface area (Å²) in [7, 11) is -4.13. The van der Waals surface area contributed by atoms with Gasteiger partial charge in [-0.2, -0.15) is 8.42 Å². The molecule has 3 rings (SSSR count). The van der Waals surface area contributed by atoms with Gasteiger partial charge in [-0.3, -0.25) is 4.79 Å². The monoisotopic (exact) mass is 501 g/mol. The Bertz CT molecular complexity index is 1220. The Morgan fingerprint density at radius 3 is 2.40 bits per heavy atom. The van der Waals surface area contributed by atoms with Crippen LogP contribution in [0.5, 0.6) is 5.75 Å². The molecule has 35 heavy (non-hydrogen) atoms. The molecule has 0 aliphatic carbocycles. The molecule has 1 amide bonds. The minimum atomic E-state index is -4.13. The zero-order valence-electron chi connectivity index (χ0n) is 20.5. The van der Waals surface area contributed by atoms with E-state index in [1.54, 1.807) is 35.4 Å².